The SMILES string of the molecule is CCCCCCCCCCCCCCCCCCCCCCCCCCCC(=O)OC(COCCCCCCCCCCCCCCC)COC1OC(COC2OC(CO)C(O)C(O)C2O)C(O)C(O)C1O. The summed E-state index contributed by atoms with van der Waals surface area (Å²) in [6.07, 6.45) is 33.2. The van der Waals surface area contributed by atoms with Crippen molar-refractivity contribution in [2.75, 3.05) is 33.0 Å². The second-order valence-electron chi connectivity index (χ2n) is 21.5. The fraction of sp³-hybridized carbons (Fsp3) is 0.983. The molecule has 0 aromatic rings. The highest BCUT2D eigenvalue weighted by Gasteiger charge is 2.47. The lowest BCUT2D eigenvalue weighted by atomic mass is 9.98. The van der Waals surface area contributed by atoms with Crippen LogP contribution in [-0.4, -0.2) is 142 Å². The van der Waals surface area contributed by atoms with E-state index >= 15 is 0 Å². The van der Waals surface area contributed by atoms with Gasteiger partial charge in [0.2, 0.25) is 0 Å². The molecule has 0 amide bonds. The van der Waals surface area contributed by atoms with E-state index in [9.17, 15) is 40.5 Å². The number of hydrogen-bond donors (Lipinski definition) is 7. The van der Waals surface area contributed by atoms with Gasteiger partial charge in [-0.05, 0) is 12.8 Å². The molecule has 0 aromatic heterocycles. The lowest BCUT2D eigenvalue weighted by Crippen LogP contribution is -2.61. The Morgan fingerprint density at radius 1 is 0.403 bits per heavy atom. The van der Waals surface area contributed by atoms with E-state index in [2.05, 4.69) is 13.8 Å². The van der Waals surface area contributed by atoms with Crippen LogP contribution in [0.1, 0.15) is 264 Å². The molecule has 2 saturated heterocycles. The number of hydrogen-bond acceptors (Lipinski definition) is 14. The summed E-state index contributed by atoms with van der Waals surface area (Å²) in [5.74, 6) is -0.367. The summed E-state index contributed by atoms with van der Waals surface area (Å²) < 4.78 is 34.4. The third-order valence-corrected chi connectivity index (χ3v) is 14.9. The van der Waals surface area contributed by atoms with Crippen LogP contribution < -0.4 is 0 Å². The fourth-order valence-electron chi connectivity index (χ4n) is 9.99. The molecule has 428 valence electrons. The van der Waals surface area contributed by atoms with Gasteiger partial charge in [-0.15, -0.1) is 0 Å². The summed E-state index contributed by atoms with van der Waals surface area (Å²) >= 11 is 0. The number of esters is 1. The molecule has 7 N–H and O–H groups in total. The Kier molecular flexibility index (Phi) is 43.0. The minimum absolute atomic E-state index is 0.0705. The van der Waals surface area contributed by atoms with Gasteiger partial charge < -0.3 is 64.2 Å². The Morgan fingerprint density at radius 3 is 1.12 bits per heavy atom. The first kappa shape index (κ1) is 67.1. The van der Waals surface area contributed by atoms with E-state index in [1.807, 2.05) is 0 Å². The highest BCUT2D eigenvalue weighted by molar-refractivity contribution is 5.69. The topological polar surface area (TPSA) is 214 Å². The number of carbonyl (C=O) groups is 1. The monoisotopic (exact) mass is 1030 g/mol. The van der Waals surface area contributed by atoms with Crippen LogP contribution in [0.15, 0.2) is 0 Å². The van der Waals surface area contributed by atoms with Gasteiger partial charge in [-0.2, -0.15) is 0 Å². The molecule has 2 aliphatic rings. The van der Waals surface area contributed by atoms with Gasteiger partial charge in [0.05, 0.1) is 26.4 Å². The molecule has 14 heteroatoms. The first-order valence-corrected chi connectivity index (χ1v) is 30.1. The van der Waals surface area contributed by atoms with Crippen LogP contribution >= 0.6 is 0 Å². The van der Waals surface area contributed by atoms with Crippen molar-refractivity contribution in [1.29, 1.82) is 0 Å². The lowest BCUT2D eigenvalue weighted by molar-refractivity contribution is -0.332. The van der Waals surface area contributed by atoms with Crippen molar-refractivity contribution in [3.63, 3.8) is 0 Å². The van der Waals surface area contributed by atoms with Gasteiger partial charge >= 0.3 is 5.97 Å². The molecule has 0 spiro atoms. The van der Waals surface area contributed by atoms with E-state index in [1.165, 1.54) is 199 Å². The van der Waals surface area contributed by atoms with Gasteiger partial charge in [0.25, 0.3) is 0 Å². The van der Waals surface area contributed by atoms with Gasteiger partial charge in [0.15, 0.2) is 12.6 Å². The fourth-order valence-corrected chi connectivity index (χ4v) is 9.99. The number of aliphatic hydroxyl groups is 7. The second kappa shape index (κ2) is 46.1. The predicted octanol–water partition coefficient (Wildman–Crippen LogP) is 10.8. The Hall–Kier alpha value is -1.01. The largest absolute Gasteiger partial charge is 0.457 e. The van der Waals surface area contributed by atoms with Gasteiger partial charge in [0, 0.05) is 13.0 Å². The van der Waals surface area contributed by atoms with Crippen LogP contribution in [-0.2, 0) is 33.2 Å². The zero-order chi connectivity index (χ0) is 52.3. The van der Waals surface area contributed by atoms with Gasteiger partial charge in [-0.3, -0.25) is 4.79 Å². The first-order valence-electron chi connectivity index (χ1n) is 30.1. The normalized spacial score (nSPS) is 25.0. The second-order valence-corrected chi connectivity index (χ2v) is 21.5. The number of ether oxygens (including phenoxy) is 6. The standard InChI is InChI=1S/C58H112O14/c1-3-5-7-9-11-13-15-17-18-19-20-21-22-23-24-25-26-27-28-29-31-33-35-37-39-41-50(60)70-47(44-67-42-40-38-36-34-32-30-16-14-12-10-8-6-4-2)45-68-57-56(66)54(64)52(62)49(72-57)46-69-58-55(65)53(63)51(61)48(43-59)71-58/h47-49,51-59,61-66H,3-46H2,1-2H3. The van der Waals surface area contributed by atoms with Gasteiger partial charge in [-0.1, -0.05) is 245 Å². The van der Waals surface area contributed by atoms with Crippen molar-refractivity contribution in [2.24, 2.45) is 0 Å². The molecule has 2 fully saturated rings. The average molecular weight is 1030 g/mol. The van der Waals surface area contributed by atoms with Crippen LogP contribution in [0.2, 0.25) is 0 Å². The van der Waals surface area contributed by atoms with Crippen molar-refractivity contribution >= 4 is 5.97 Å². The maximum Gasteiger partial charge on any atom is 0.306 e. The quantitative estimate of drug-likeness (QED) is 0.0223. The molecule has 2 heterocycles. The first-order chi connectivity index (χ1) is 35.1. The molecule has 2 rings (SSSR count). The van der Waals surface area contributed by atoms with Crippen molar-refractivity contribution < 1.29 is 69.0 Å². The maximum absolute atomic E-state index is 13.1. The Balaban J connectivity index is 1.65. The molecular formula is C58H112O14. The lowest BCUT2D eigenvalue weighted by Gasteiger charge is -2.42. The third kappa shape index (κ3) is 32.5. The molecule has 72 heavy (non-hydrogen) atoms. The molecule has 0 aromatic carbocycles. The van der Waals surface area contributed by atoms with Crippen molar-refractivity contribution in [1.82, 2.24) is 0 Å². The predicted molar refractivity (Wildman–Crippen MR) is 284 cm³/mol. The number of unbranched alkanes of at least 4 members (excludes halogenated alkanes) is 36. The van der Waals surface area contributed by atoms with Crippen molar-refractivity contribution in [2.45, 2.75) is 332 Å². The van der Waals surface area contributed by atoms with Crippen LogP contribution in [0, 0.1) is 0 Å². The molecule has 14 nitrogen and oxygen atoms in total. The average Bonchev–Trinajstić information content (AvgIpc) is 3.38. The molecule has 0 bridgehead atoms. The van der Waals surface area contributed by atoms with Crippen molar-refractivity contribution in [3.8, 4) is 0 Å². The minimum Gasteiger partial charge on any atom is -0.457 e. The van der Waals surface area contributed by atoms with E-state index in [1.54, 1.807) is 0 Å². The van der Waals surface area contributed by atoms with E-state index < -0.39 is 80.7 Å². The van der Waals surface area contributed by atoms with Crippen LogP contribution in [0.3, 0.4) is 0 Å². The van der Waals surface area contributed by atoms with Crippen molar-refractivity contribution in [3.05, 3.63) is 0 Å². The molecular weight excluding hydrogens is 921 g/mol. The number of aliphatic hydroxyl groups excluding tert-OH is 7. The Labute approximate surface area is 438 Å². The van der Waals surface area contributed by atoms with E-state index in [0.29, 0.717) is 6.61 Å². The maximum atomic E-state index is 13.1. The third-order valence-electron chi connectivity index (χ3n) is 14.9. The summed E-state index contributed by atoms with van der Waals surface area (Å²) in [6, 6.07) is 0. The highest BCUT2D eigenvalue weighted by atomic mass is 16.7. The highest BCUT2D eigenvalue weighted by Crippen LogP contribution is 2.27. The molecule has 2 aliphatic heterocycles. The number of carbonyl (C=O) groups excluding carboxylic acids is 1. The summed E-state index contributed by atoms with van der Waals surface area (Å²) in [6.45, 7) is 3.76. The summed E-state index contributed by atoms with van der Waals surface area (Å²) in [7, 11) is 0. The minimum atomic E-state index is -1.70. The molecule has 11 atom stereocenters. The van der Waals surface area contributed by atoms with Crippen LogP contribution in [0.4, 0.5) is 0 Å². The molecule has 11 unspecified atom stereocenters. The Morgan fingerprint density at radius 2 is 0.736 bits per heavy atom. The summed E-state index contributed by atoms with van der Waals surface area (Å²) in [4.78, 5) is 13.1. The molecule has 0 aliphatic carbocycles. The van der Waals surface area contributed by atoms with Crippen LogP contribution in [0.5, 0.6) is 0 Å². The Bertz CT molecular complexity index is 1200. The van der Waals surface area contributed by atoms with Gasteiger partial charge in [-0.25, -0.2) is 0 Å². The zero-order valence-corrected chi connectivity index (χ0v) is 46.0. The molecule has 0 saturated carbocycles. The summed E-state index contributed by atoms with van der Waals surface area (Å²) in [5.41, 5.74) is 0. The van der Waals surface area contributed by atoms with E-state index in [4.69, 9.17) is 28.4 Å². The molecule has 0 radical (unpaired) electrons. The zero-order valence-electron chi connectivity index (χ0n) is 46.0. The van der Waals surface area contributed by atoms with E-state index in [0.717, 1.165) is 44.9 Å². The van der Waals surface area contributed by atoms with E-state index in [-0.39, 0.29) is 25.6 Å². The van der Waals surface area contributed by atoms with Crippen LogP contribution in [0.25, 0.3) is 0 Å². The number of rotatable bonds is 50. The smallest absolute Gasteiger partial charge is 0.306 e. The van der Waals surface area contributed by atoms with Gasteiger partial charge in [0.1, 0.15) is 54.9 Å². The summed E-state index contributed by atoms with van der Waals surface area (Å²) in [5, 5.41) is 72.3.